The van der Waals surface area contributed by atoms with Crippen LogP contribution < -0.4 is 10.3 Å². The second kappa shape index (κ2) is 10.4. The van der Waals surface area contributed by atoms with Crippen LogP contribution in [0.1, 0.15) is 39.7 Å². The van der Waals surface area contributed by atoms with E-state index in [1.807, 2.05) is 6.92 Å². The van der Waals surface area contributed by atoms with Crippen LogP contribution in [0.25, 0.3) is 5.65 Å². The highest BCUT2D eigenvalue weighted by atomic mass is 16.7. The highest BCUT2D eigenvalue weighted by Crippen LogP contribution is 2.28. The number of carbonyl (C=O) groups excluding carboxylic acids is 3. The Bertz CT molecular complexity index is 1100. The van der Waals surface area contributed by atoms with Gasteiger partial charge in [0.05, 0.1) is 6.61 Å². The van der Waals surface area contributed by atoms with Crippen LogP contribution in [0.5, 0.6) is 5.75 Å². The molecule has 3 rings (SSSR count). The van der Waals surface area contributed by atoms with Crippen LogP contribution in [-0.2, 0) is 39.8 Å². The van der Waals surface area contributed by atoms with Crippen LogP contribution in [0.2, 0.25) is 0 Å². The molecule has 11 heteroatoms. The fourth-order valence-electron chi connectivity index (χ4n) is 3.59. The molecule has 2 aromatic rings. The molecule has 3 heterocycles. The minimum absolute atomic E-state index is 0.182. The van der Waals surface area contributed by atoms with Crippen LogP contribution in [0.3, 0.4) is 0 Å². The Morgan fingerprint density at radius 2 is 1.76 bits per heavy atom. The summed E-state index contributed by atoms with van der Waals surface area (Å²) in [5.74, 6) is -1.79. The molecule has 1 fully saturated rings. The predicted molar refractivity (Wildman–Crippen MR) is 112 cm³/mol. The van der Waals surface area contributed by atoms with Gasteiger partial charge in [0.2, 0.25) is 12.4 Å². The van der Waals surface area contributed by atoms with Crippen molar-refractivity contribution in [1.29, 1.82) is 0 Å². The van der Waals surface area contributed by atoms with Gasteiger partial charge in [-0.15, -0.1) is 0 Å². The zero-order valence-corrected chi connectivity index (χ0v) is 18.8. The first-order valence-corrected chi connectivity index (χ1v) is 10.5. The fraction of sp³-hybridized carbons (Fsp3) is 0.500. The maximum absolute atomic E-state index is 12.8. The molecule has 0 radical (unpaired) electrons. The van der Waals surface area contributed by atoms with Gasteiger partial charge in [0, 0.05) is 38.7 Å². The quantitative estimate of drug-likeness (QED) is 0.436. The lowest BCUT2D eigenvalue weighted by Gasteiger charge is -2.40. The fourth-order valence-corrected chi connectivity index (χ4v) is 3.59. The first kappa shape index (κ1) is 24.2. The topological polar surface area (TPSA) is 132 Å². The van der Waals surface area contributed by atoms with E-state index in [9.17, 15) is 19.2 Å². The van der Waals surface area contributed by atoms with Crippen molar-refractivity contribution in [2.24, 2.45) is 0 Å². The minimum atomic E-state index is -1.25. The second-order valence-electron chi connectivity index (χ2n) is 7.52. The third-order valence-corrected chi connectivity index (χ3v) is 4.83. The number of hydrogen-bond acceptors (Lipinski definition) is 10. The molecule has 2 aromatic heterocycles. The van der Waals surface area contributed by atoms with E-state index in [1.54, 1.807) is 18.3 Å². The summed E-state index contributed by atoms with van der Waals surface area (Å²) in [5, 5.41) is 0. The first-order chi connectivity index (χ1) is 15.7. The first-order valence-electron chi connectivity index (χ1n) is 10.5. The number of aryl methyl sites for hydroxylation is 1. The molecule has 1 aliphatic heterocycles. The van der Waals surface area contributed by atoms with Gasteiger partial charge in [-0.05, 0) is 18.6 Å². The van der Waals surface area contributed by atoms with Crippen LogP contribution in [0, 0.1) is 0 Å². The molecule has 0 N–H and O–H groups in total. The molecule has 0 aromatic carbocycles. The average Bonchev–Trinajstić information content (AvgIpc) is 2.73. The zero-order valence-electron chi connectivity index (χ0n) is 18.8. The summed E-state index contributed by atoms with van der Waals surface area (Å²) >= 11 is 0. The second-order valence-corrected chi connectivity index (χ2v) is 7.52. The van der Waals surface area contributed by atoms with Gasteiger partial charge in [-0.3, -0.25) is 23.6 Å². The number of rotatable bonds is 7. The van der Waals surface area contributed by atoms with Crippen molar-refractivity contribution in [3.05, 3.63) is 40.4 Å². The van der Waals surface area contributed by atoms with E-state index >= 15 is 0 Å². The summed E-state index contributed by atoms with van der Waals surface area (Å²) < 4.78 is 28.8. The Morgan fingerprint density at radius 3 is 2.39 bits per heavy atom. The third kappa shape index (κ3) is 5.67. The van der Waals surface area contributed by atoms with Gasteiger partial charge in [-0.2, -0.15) is 0 Å². The number of esters is 3. The van der Waals surface area contributed by atoms with Crippen LogP contribution in [-0.4, -0.2) is 58.5 Å². The monoisotopic (exact) mass is 462 g/mol. The molecule has 0 bridgehead atoms. The van der Waals surface area contributed by atoms with Crippen molar-refractivity contribution < 1.29 is 38.1 Å². The summed E-state index contributed by atoms with van der Waals surface area (Å²) in [5.41, 5.74) is 0.581. The van der Waals surface area contributed by atoms with Gasteiger partial charge in [0.25, 0.3) is 5.56 Å². The molecule has 11 nitrogen and oxygen atoms in total. The molecular weight excluding hydrogens is 436 g/mol. The number of hydrogen-bond donors (Lipinski definition) is 0. The lowest BCUT2D eigenvalue weighted by molar-refractivity contribution is -0.259. The molecule has 178 valence electrons. The smallest absolute Gasteiger partial charge is 0.303 e. The largest absolute Gasteiger partial charge is 0.457 e. The standard InChI is InChI=1S/C22H26N2O9/c1-5-7-15-10-23-20-16(8-6-9-24(20)21(15)28)33-22-19(32-14(4)27)18(31-13(3)26)17(11-29-22)30-12(2)25/h6,8-10,17-19,22H,5,7,11H2,1-4H3/t17-,18+,19?,22+/m1/s1. The summed E-state index contributed by atoms with van der Waals surface area (Å²) in [6.07, 6.45) is -0.226. The van der Waals surface area contributed by atoms with Crippen molar-refractivity contribution in [3.63, 3.8) is 0 Å². The van der Waals surface area contributed by atoms with Gasteiger partial charge in [-0.1, -0.05) is 13.3 Å². The van der Waals surface area contributed by atoms with Gasteiger partial charge < -0.3 is 23.7 Å². The molecule has 1 unspecified atom stereocenters. The van der Waals surface area contributed by atoms with Crippen molar-refractivity contribution in [3.8, 4) is 5.75 Å². The molecule has 0 amide bonds. The number of carbonyl (C=O) groups is 3. The van der Waals surface area contributed by atoms with E-state index in [4.69, 9.17) is 23.7 Å². The van der Waals surface area contributed by atoms with E-state index in [0.29, 0.717) is 12.0 Å². The number of fused-ring (bicyclic) bond motifs is 1. The molecule has 1 aliphatic rings. The minimum Gasteiger partial charge on any atom is -0.457 e. The van der Waals surface area contributed by atoms with Crippen LogP contribution in [0.4, 0.5) is 0 Å². The molecule has 0 aliphatic carbocycles. The lowest BCUT2D eigenvalue weighted by Crippen LogP contribution is -2.59. The molecule has 33 heavy (non-hydrogen) atoms. The lowest BCUT2D eigenvalue weighted by atomic mass is 10.0. The summed E-state index contributed by atoms with van der Waals surface area (Å²) in [6.45, 7) is 5.33. The summed E-state index contributed by atoms with van der Waals surface area (Å²) in [6, 6.07) is 3.18. The summed E-state index contributed by atoms with van der Waals surface area (Å²) in [4.78, 5) is 52.1. The SMILES string of the molecule is CCCc1cnc2c(O[C@@H]3OC[C@@H](OC(C)=O)[C@H](OC(C)=O)C3OC(C)=O)cccn2c1=O. The predicted octanol–water partition coefficient (Wildman–Crippen LogP) is 1.18. The molecular formula is C22H26N2O9. The van der Waals surface area contributed by atoms with Crippen molar-refractivity contribution in [1.82, 2.24) is 9.38 Å². The number of nitrogens with zero attached hydrogens (tertiary/aromatic N) is 2. The Hall–Kier alpha value is -3.47. The van der Waals surface area contributed by atoms with Gasteiger partial charge in [0.15, 0.2) is 23.6 Å². The maximum Gasteiger partial charge on any atom is 0.303 e. The van der Waals surface area contributed by atoms with Gasteiger partial charge >= 0.3 is 17.9 Å². The summed E-state index contributed by atoms with van der Waals surface area (Å²) in [7, 11) is 0. The van der Waals surface area contributed by atoms with Crippen molar-refractivity contribution >= 4 is 23.6 Å². The number of aromatic nitrogens is 2. The van der Waals surface area contributed by atoms with Crippen molar-refractivity contribution in [2.75, 3.05) is 6.61 Å². The van der Waals surface area contributed by atoms with Gasteiger partial charge in [-0.25, -0.2) is 4.98 Å². The van der Waals surface area contributed by atoms with E-state index in [0.717, 1.165) is 6.42 Å². The average molecular weight is 462 g/mol. The third-order valence-electron chi connectivity index (χ3n) is 4.83. The Morgan fingerprint density at radius 1 is 1.09 bits per heavy atom. The van der Waals surface area contributed by atoms with E-state index in [1.165, 1.54) is 31.4 Å². The Labute approximate surface area is 189 Å². The molecule has 1 saturated heterocycles. The molecule has 4 atom stereocenters. The van der Waals surface area contributed by atoms with E-state index in [2.05, 4.69) is 4.98 Å². The normalized spacial score (nSPS) is 22.4. The van der Waals surface area contributed by atoms with E-state index < -0.39 is 42.5 Å². The highest BCUT2D eigenvalue weighted by Gasteiger charge is 2.48. The number of pyridine rings is 1. The molecule has 0 saturated carbocycles. The molecule has 0 spiro atoms. The van der Waals surface area contributed by atoms with Crippen molar-refractivity contribution in [2.45, 2.75) is 65.1 Å². The zero-order chi connectivity index (χ0) is 24.1. The highest BCUT2D eigenvalue weighted by molar-refractivity contribution is 5.68. The van der Waals surface area contributed by atoms with Gasteiger partial charge in [0.1, 0.15) is 0 Å². The Kier molecular flexibility index (Phi) is 7.64. The number of ether oxygens (including phenoxy) is 5. The van der Waals surface area contributed by atoms with Crippen LogP contribution >= 0.6 is 0 Å². The maximum atomic E-state index is 12.8. The Balaban J connectivity index is 1.97. The van der Waals surface area contributed by atoms with Crippen LogP contribution in [0.15, 0.2) is 29.3 Å². The van der Waals surface area contributed by atoms with E-state index in [-0.39, 0.29) is 23.6 Å².